The molecular weight excluding hydrogens is 231 g/mol. The van der Waals surface area contributed by atoms with E-state index >= 15 is 0 Å². The van der Waals surface area contributed by atoms with Crippen molar-refractivity contribution in [3.05, 3.63) is 18.0 Å². The highest BCUT2D eigenvalue weighted by Gasteiger charge is 2.38. The lowest BCUT2D eigenvalue weighted by Gasteiger charge is -2.18. The standard InChI is InChI=1S/C11H18F3N3/c1-4-8(2)17-6-5-9(16-17)7-10(15-3)11(12,13)14/h5-6,8,10,15H,4,7H2,1-3H3. The number of alkyl halides is 3. The zero-order valence-electron chi connectivity index (χ0n) is 10.3. The van der Waals surface area contributed by atoms with Gasteiger partial charge in [-0.15, -0.1) is 0 Å². The molecule has 0 saturated heterocycles. The third-order valence-corrected chi connectivity index (χ3v) is 2.86. The Balaban J connectivity index is 2.71. The summed E-state index contributed by atoms with van der Waals surface area (Å²) in [4.78, 5) is 0. The first-order chi connectivity index (χ1) is 7.88. The van der Waals surface area contributed by atoms with E-state index in [1.54, 1.807) is 16.9 Å². The molecule has 2 unspecified atom stereocenters. The predicted octanol–water partition coefficient (Wildman–Crippen LogP) is 2.55. The second-order valence-corrected chi connectivity index (χ2v) is 4.13. The Morgan fingerprint density at radius 2 is 2.12 bits per heavy atom. The molecule has 0 aliphatic heterocycles. The zero-order valence-corrected chi connectivity index (χ0v) is 10.3. The van der Waals surface area contributed by atoms with Crippen molar-refractivity contribution in [3.8, 4) is 0 Å². The molecular formula is C11H18F3N3. The molecule has 0 aliphatic rings. The molecule has 1 N–H and O–H groups in total. The summed E-state index contributed by atoms with van der Waals surface area (Å²) < 4.78 is 39.3. The smallest absolute Gasteiger partial charge is 0.309 e. The van der Waals surface area contributed by atoms with Crippen LogP contribution in [0.15, 0.2) is 12.3 Å². The fourth-order valence-electron chi connectivity index (χ4n) is 1.51. The van der Waals surface area contributed by atoms with Crippen molar-refractivity contribution in [2.45, 2.75) is 44.9 Å². The maximum Gasteiger partial charge on any atom is 0.404 e. The highest BCUT2D eigenvalue weighted by molar-refractivity contribution is 5.03. The Labute approximate surface area is 99.0 Å². The molecule has 98 valence electrons. The van der Waals surface area contributed by atoms with E-state index < -0.39 is 12.2 Å². The summed E-state index contributed by atoms with van der Waals surface area (Å²) in [6, 6.07) is 0.313. The Morgan fingerprint density at radius 3 is 2.59 bits per heavy atom. The van der Waals surface area contributed by atoms with Gasteiger partial charge in [0.25, 0.3) is 0 Å². The topological polar surface area (TPSA) is 29.9 Å². The summed E-state index contributed by atoms with van der Waals surface area (Å²) >= 11 is 0. The van der Waals surface area contributed by atoms with Gasteiger partial charge in [-0.1, -0.05) is 6.92 Å². The third kappa shape index (κ3) is 3.73. The fourth-order valence-corrected chi connectivity index (χ4v) is 1.51. The van der Waals surface area contributed by atoms with Crippen LogP contribution in [0.4, 0.5) is 13.2 Å². The van der Waals surface area contributed by atoms with Crippen molar-refractivity contribution in [1.82, 2.24) is 15.1 Å². The highest BCUT2D eigenvalue weighted by atomic mass is 19.4. The van der Waals surface area contributed by atoms with Gasteiger partial charge in [-0.25, -0.2) is 0 Å². The van der Waals surface area contributed by atoms with Gasteiger partial charge in [0.2, 0.25) is 0 Å². The van der Waals surface area contributed by atoms with Crippen LogP contribution in [0.1, 0.15) is 32.0 Å². The van der Waals surface area contributed by atoms with Crippen molar-refractivity contribution in [2.75, 3.05) is 7.05 Å². The lowest BCUT2D eigenvalue weighted by Crippen LogP contribution is -2.41. The minimum absolute atomic E-state index is 0.135. The molecule has 1 heterocycles. The number of nitrogens with zero attached hydrogens (tertiary/aromatic N) is 2. The summed E-state index contributed by atoms with van der Waals surface area (Å²) in [7, 11) is 1.31. The van der Waals surface area contributed by atoms with Crippen molar-refractivity contribution >= 4 is 0 Å². The molecule has 0 bridgehead atoms. The maximum absolute atomic E-state index is 12.5. The SMILES string of the molecule is CCC(C)n1ccc(CC(NC)C(F)(F)F)n1. The molecule has 1 aromatic rings. The van der Waals surface area contributed by atoms with Gasteiger partial charge in [0, 0.05) is 18.7 Å². The summed E-state index contributed by atoms with van der Waals surface area (Å²) in [6.45, 7) is 3.99. The van der Waals surface area contributed by atoms with Crippen LogP contribution < -0.4 is 5.32 Å². The van der Waals surface area contributed by atoms with E-state index in [2.05, 4.69) is 10.4 Å². The van der Waals surface area contributed by atoms with Crippen LogP contribution in [0.25, 0.3) is 0 Å². The van der Waals surface area contributed by atoms with Crippen LogP contribution in [0.2, 0.25) is 0 Å². The van der Waals surface area contributed by atoms with Gasteiger partial charge in [-0.05, 0) is 26.5 Å². The molecule has 0 radical (unpaired) electrons. The van der Waals surface area contributed by atoms with Gasteiger partial charge in [-0.2, -0.15) is 18.3 Å². The molecule has 3 nitrogen and oxygen atoms in total. The van der Waals surface area contributed by atoms with E-state index in [1.807, 2.05) is 13.8 Å². The monoisotopic (exact) mass is 249 g/mol. The van der Waals surface area contributed by atoms with Gasteiger partial charge >= 0.3 is 6.18 Å². The van der Waals surface area contributed by atoms with E-state index in [1.165, 1.54) is 7.05 Å². The molecule has 0 saturated carbocycles. The van der Waals surface area contributed by atoms with E-state index in [4.69, 9.17) is 0 Å². The van der Waals surface area contributed by atoms with Crippen LogP contribution in [-0.2, 0) is 6.42 Å². The summed E-state index contributed by atoms with van der Waals surface area (Å²) in [5.74, 6) is 0. The Morgan fingerprint density at radius 1 is 1.47 bits per heavy atom. The van der Waals surface area contributed by atoms with E-state index in [-0.39, 0.29) is 12.5 Å². The first-order valence-corrected chi connectivity index (χ1v) is 5.66. The van der Waals surface area contributed by atoms with Crippen molar-refractivity contribution < 1.29 is 13.2 Å². The van der Waals surface area contributed by atoms with Crippen molar-refractivity contribution in [3.63, 3.8) is 0 Å². The average Bonchev–Trinajstić information content (AvgIpc) is 2.71. The van der Waals surface area contributed by atoms with Crippen molar-refractivity contribution in [1.29, 1.82) is 0 Å². The Bertz CT molecular complexity index is 346. The molecule has 0 spiro atoms. The van der Waals surface area contributed by atoms with Crippen LogP contribution in [0, 0.1) is 0 Å². The summed E-state index contributed by atoms with van der Waals surface area (Å²) in [6.07, 6.45) is -1.75. The zero-order chi connectivity index (χ0) is 13.1. The number of nitrogens with one attached hydrogen (secondary N) is 1. The number of likely N-dealkylation sites (N-methyl/N-ethyl adjacent to an activating group) is 1. The van der Waals surface area contributed by atoms with Gasteiger partial charge in [0.05, 0.1) is 5.69 Å². The summed E-state index contributed by atoms with van der Waals surface area (Å²) in [5.41, 5.74) is 0.460. The number of aromatic nitrogens is 2. The third-order valence-electron chi connectivity index (χ3n) is 2.86. The first kappa shape index (κ1) is 14.0. The quantitative estimate of drug-likeness (QED) is 0.869. The number of rotatable bonds is 5. The maximum atomic E-state index is 12.5. The Hall–Kier alpha value is -1.04. The molecule has 0 amide bonds. The van der Waals surface area contributed by atoms with Crippen LogP contribution in [0.3, 0.4) is 0 Å². The average molecular weight is 249 g/mol. The normalized spacial score (nSPS) is 15.9. The lowest BCUT2D eigenvalue weighted by molar-refractivity contribution is -0.154. The Kier molecular flexibility index (Phi) is 4.56. The summed E-state index contributed by atoms with van der Waals surface area (Å²) in [5, 5.41) is 6.43. The molecule has 0 aliphatic carbocycles. The fraction of sp³-hybridized carbons (Fsp3) is 0.727. The largest absolute Gasteiger partial charge is 0.404 e. The van der Waals surface area contributed by atoms with Gasteiger partial charge in [0.15, 0.2) is 0 Å². The van der Waals surface area contributed by atoms with Gasteiger partial charge in [-0.3, -0.25) is 4.68 Å². The molecule has 1 rings (SSSR count). The molecule has 1 aromatic heterocycles. The lowest BCUT2D eigenvalue weighted by atomic mass is 10.1. The van der Waals surface area contributed by atoms with Gasteiger partial charge < -0.3 is 5.32 Å². The highest BCUT2D eigenvalue weighted by Crippen LogP contribution is 2.22. The molecule has 17 heavy (non-hydrogen) atoms. The van der Waals surface area contributed by atoms with Gasteiger partial charge in [0.1, 0.15) is 6.04 Å². The van der Waals surface area contributed by atoms with Crippen LogP contribution in [-0.4, -0.2) is 29.0 Å². The van der Waals surface area contributed by atoms with Crippen molar-refractivity contribution in [2.24, 2.45) is 0 Å². The van der Waals surface area contributed by atoms with E-state index in [0.717, 1.165) is 6.42 Å². The molecule has 0 aromatic carbocycles. The second-order valence-electron chi connectivity index (χ2n) is 4.13. The minimum Gasteiger partial charge on any atom is -0.309 e. The van der Waals surface area contributed by atoms with Crippen LogP contribution >= 0.6 is 0 Å². The van der Waals surface area contributed by atoms with E-state index in [0.29, 0.717) is 5.69 Å². The number of hydrogen-bond donors (Lipinski definition) is 1. The minimum atomic E-state index is -4.24. The molecule has 2 atom stereocenters. The molecule has 0 fully saturated rings. The van der Waals surface area contributed by atoms with E-state index in [9.17, 15) is 13.2 Å². The predicted molar refractivity (Wildman–Crippen MR) is 59.8 cm³/mol. The molecule has 6 heteroatoms. The first-order valence-electron chi connectivity index (χ1n) is 5.66. The number of hydrogen-bond acceptors (Lipinski definition) is 2. The van der Waals surface area contributed by atoms with Crippen LogP contribution in [0.5, 0.6) is 0 Å². The second kappa shape index (κ2) is 5.53. The number of halogens is 3.